The van der Waals surface area contributed by atoms with Crippen LogP contribution in [0.15, 0.2) is 12.3 Å². The fourth-order valence-corrected chi connectivity index (χ4v) is 1.60. The monoisotopic (exact) mass is 243 g/mol. The molecule has 1 atom stereocenters. The number of carboxylic acids is 1. The van der Waals surface area contributed by atoms with Crippen molar-refractivity contribution in [1.82, 2.24) is 9.97 Å². The third kappa shape index (κ3) is 3.93. The number of aromatic carboxylic acids is 1. The number of carbonyl (C=O) groups is 1. The highest BCUT2D eigenvalue weighted by Gasteiger charge is 2.05. The number of anilines is 1. The van der Waals surface area contributed by atoms with E-state index < -0.39 is 16.8 Å². The Morgan fingerprint density at radius 1 is 1.62 bits per heavy atom. The van der Waals surface area contributed by atoms with Crippen LogP contribution in [0.1, 0.15) is 17.4 Å². The standard InChI is InChI=1S/C9H13N3O3S/c1-2-16(15)6-5-11-9-10-4-3-7(12-9)8(13)14/h3-4H,2,5-6H2,1H3,(H,13,14)(H,10,11,12). The molecule has 1 aromatic heterocycles. The molecule has 88 valence electrons. The predicted octanol–water partition coefficient (Wildman–Crippen LogP) is 0.355. The quantitative estimate of drug-likeness (QED) is 0.749. The van der Waals surface area contributed by atoms with Crippen LogP contribution in [0.3, 0.4) is 0 Å². The molecule has 0 saturated heterocycles. The SMILES string of the molecule is CCS(=O)CCNc1nccc(C(=O)O)n1. The third-order valence-corrected chi connectivity index (χ3v) is 3.11. The molecule has 0 radical (unpaired) electrons. The zero-order chi connectivity index (χ0) is 12.0. The van der Waals surface area contributed by atoms with Gasteiger partial charge in [0.05, 0.1) is 0 Å². The maximum absolute atomic E-state index is 11.1. The Hall–Kier alpha value is -1.50. The minimum absolute atomic E-state index is 0.0610. The topological polar surface area (TPSA) is 92.2 Å². The van der Waals surface area contributed by atoms with Gasteiger partial charge in [0.1, 0.15) is 0 Å². The van der Waals surface area contributed by atoms with Crippen molar-refractivity contribution in [1.29, 1.82) is 0 Å². The van der Waals surface area contributed by atoms with Crippen molar-refractivity contribution < 1.29 is 14.1 Å². The number of carboxylic acid groups (broad SMARTS) is 1. The van der Waals surface area contributed by atoms with Crippen molar-refractivity contribution in [2.75, 3.05) is 23.4 Å². The summed E-state index contributed by atoms with van der Waals surface area (Å²) in [4.78, 5) is 18.2. The number of nitrogens with zero attached hydrogens (tertiary/aromatic N) is 2. The van der Waals surface area contributed by atoms with Crippen molar-refractivity contribution in [3.63, 3.8) is 0 Å². The van der Waals surface area contributed by atoms with Gasteiger partial charge in [-0.3, -0.25) is 4.21 Å². The largest absolute Gasteiger partial charge is 0.477 e. The summed E-state index contributed by atoms with van der Waals surface area (Å²) in [5.41, 5.74) is -0.0610. The van der Waals surface area contributed by atoms with E-state index in [2.05, 4.69) is 15.3 Å². The van der Waals surface area contributed by atoms with Crippen LogP contribution in [0.4, 0.5) is 5.95 Å². The van der Waals surface area contributed by atoms with Gasteiger partial charge in [-0.05, 0) is 6.07 Å². The maximum atomic E-state index is 11.1. The average Bonchev–Trinajstić information content (AvgIpc) is 2.29. The molecule has 2 N–H and O–H groups in total. The van der Waals surface area contributed by atoms with Crippen LogP contribution < -0.4 is 5.32 Å². The molecule has 1 aromatic rings. The van der Waals surface area contributed by atoms with E-state index in [0.717, 1.165) is 0 Å². The first-order chi connectivity index (χ1) is 7.63. The van der Waals surface area contributed by atoms with Crippen molar-refractivity contribution >= 4 is 22.7 Å². The zero-order valence-electron chi connectivity index (χ0n) is 8.84. The molecule has 0 spiro atoms. The molecule has 0 fully saturated rings. The van der Waals surface area contributed by atoms with Crippen LogP contribution in [0.25, 0.3) is 0 Å². The molecule has 0 aliphatic heterocycles. The van der Waals surface area contributed by atoms with Gasteiger partial charge in [-0.1, -0.05) is 6.92 Å². The number of rotatable bonds is 6. The summed E-state index contributed by atoms with van der Waals surface area (Å²) in [7, 11) is -0.849. The van der Waals surface area contributed by atoms with Gasteiger partial charge in [-0.25, -0.2) is 14.8 Å². The smallest absolute Gasteiger partial charge is 0.354 e. The summed E-state index contributed by atoms with van der Waals surface area (Å²) in [6.07, 6.45) is 1.37. The highest BCUT2D eigenvalue weighted by atomic mass is 32.2. The Bertz CT molecular complexity index is 397. The molecular weight excluding hydrogens is 230 g/mol. The number of hydrogen-bond acceptors (Lipinski definition) is 5. The second kappa shape index (κ2) is 6.16. The Labute approximate surface area is 95.6 Å². The van der Waals surface area contributed by atoms with Gasteiger partial charge in [0, 0.05) is 35.0 Å². The molecule has 0 aliphatic carbocycles. The van der Waals surface area contributed by atoms with Crippen LogP contribution in [0.5, 0.6) is 0 Å². The molecule has 16 heavy (non-hydrogen) atoms. The fraction of sp³-hybridized carbons (Fsp3) is 0.444. The van der Waals surface area contributed by atoms with Gasteiger partial charge in [-0.2, -0.15) is 0 Å². The minimum atomic E-state index is -1.09. The van der Waals surface area contributed by atoms with E-state index in [4.69, 9.17) is 5.11 Å². The number of hydrogen-bond donors (Lipinski definition) is 2. The van der Waals surface area contributed by atoms with Crippen LogP contribution in [0, 0.1) is 0 Å². The maximum Gasteiger partial charge on any atom is 0.354 e. The van der Waals surface area contributed by atoms with Crippen LogP contribution in [-0.2, 0) is 10.8 Å². The molecule has 0 bridgehead atoms. The third-order valence-electron chi connectivity index (χ3n) is 1.81. The summed E-state index contributed by atoms with van der Waals surface area (Å²) in [6, 6.07) is 1.32. The Balaban J connectivity index is 2.51. The van der Waals surface area contributed by atoms with Crippen LogP contribution >= 0.6 is 0 Å². The number of aromatic nitrogens is 2. The van der Waals surface area contributed by atoms with Gasteiger partial charge in [0.15, 0.2) is 5.69 Å². The fourth-order valence-electron chi connectivity index (χ4n) is 0.984. The highest BCUT2D eigenvalue weighted by Crippen LogP contribution is 1.99. The molecule has 6 nitrogen and oxygen atoms in total. The Morgan fingerprint density at radius 2 is 2.38 bits per heavy atom. The van der Waals surface area contributed by atoms with Crippen molar-refractivity contribution in [3.05, 3.63) is 18.0 Å². The summed E-state index contributed by atoms with van der Waals surface area (Å²) in [5, 5.41) is 11.5. The van der Waals surface area contributed by atoms with Gasteiger partial charge in [0.2, 0.25) is 5.95 Å². The van der Waals surface area contributed by atoms with Crippen molar-refractivity contribution in [2.24, 2.45) is 0 Å². The zero-order valence-corrected chi connectivity index (χ0v) is 9.66. The van der Waals surface area contributed by atoms with E-state index in [0.29, 0.717) is 18.1 Å². The van der Waals surface area contributed by atoms with Gasteiger partial charge >= 0.3 is 5.97 Å². The van der Waals surface area contributed by atoms with E-state index in [1.54, 1.807) is 0 Å². The lowest BCUT2D eigenvalue weighted by Crippen LogP contribution is -2.14. The normalized spacial score (nSPS) is 12.1. The predicted molar refractivity (Wildman–Crippen MR) is 61.0 cm³/mol. The molecule has 1 rings (SSSR count). The molecule has 0 aliphatic rings. The lowest BCUT2D eigenvalue weighted by Gasteiger charge is -2.03. The van der Waals surface area contributed by atoms with Crippen molar-refractivity contribution in [2.45, 2.75) is 6.92 Å². The number of nitrogens with one attached hydrogen (secondary N) is 1. The Kier molecular flexibility index (Phi) is 4.84. The lowest BCUT2D eigenvalue weighted by atomic mass is 10.4. The second-order valence-electron chi connectivity index (χ2n) is 2.93. The molecule has 7 heteroatoms. The first-order valence-corrected chi connectivity index (χ1v) is 6.27. The molecule has 0 aromatic carbocycles. The average molecular weight is 243 g/mol. The summed E-state index contributed by atoms with van der Waals surface area (Å²) in [5.74, 6) is 0.255. The summed E-state index contributed by atoms with van der Waals surface area (Å²) >= 11 is 0. The van der Waals surface area contributed by atoms with Crippen molar-refractivity contribution in [3.8, 4) is 0 Å². The van der Waals surface area contributed by atoms with E-state index >= 15 is 0 Å². The second-order valence-corrected chi connectivity index (χ2v) is 4.80. The molecule has 0 saturated carbocycles. The van der Waals surface area contributed by atoms with Crippen LogP contribution in [0.2, 0.25) is 0 Å². The molecule has 1 heterocycles. The van der Waals surface area contributed by atoms with E-state index in [9.17, 15) is 9.00 Å². The van der Waals surface area contributed by atoms with Gasteiger partial charge < -0.3 is 10.4 Å². The van der Waals surface area contributed by atoms with Gasteiger partial charge in [-0.15, -0.1) is 0 Å². The van der Waals surface area contributed by atoms with E-state index in [1.807, 2.05) is 6.92 Å². The first-order valence-electron chi connectivity index (χ1n) is 4.78. The van der Waals surface area contributed by atoms with E-state index in [-0.39, 0.29) is 11.6 Å². The van der Waals surface area contributed by atoms with E-state index in [1.165, 1.54) is 12.3 Å². The molecule has 1 unspecified atom stereocenters. The van der Waals surface area contributed by atoms with Crippen LogP contribution in [-0.4, -0.2) is 43.3 Å². The lowest BCUT2D eigenvalue weighted by molar-refractivity contribution is 0.0690. The first kappa shape index (κ1) is 12.6. The summed E-state index contributed by atoms with van der Waals surface area (Å²) < 4.78 is 11.1. The Morgan fingerprint density at radius 3 is 3.00 bits per heavy atom. The molecular formula is C9H13N3O3S. The molecule has 0 amide bonds. The van der Waals surface area contributed by atoms with Gasteiger partial charge in [0.25, 0.3) is 0 Å². The summed E-state index contributed by atoms with van der Waals surface area (Å²) in [6.45, 7) is 2.31. The minimum Gasteiger partial charge on any atom is -0.477 e. The highest BCUT2D eigenvalue weighted by molar-refractivity contribution is 7.84.